The lowest BCUT2D eigenvalue weighted by Gasteiger charge is -2.11. The number of hydrogen-bond acceptors (Lipinski definition) is 3. The monoisotopic (exact) mass is 368 g/mol. The van der Waals surface area contributed by atoms with E-state index in [1.807, 2.05) is 54.0 Å². The fraction of sp³-hybridized carbons (Fsp3) is 0.409. The van der Waals surface area contributed by atoms with E-state index >= 15 is 0 Å². The van der Waals surface area contributed by atoms with Crippen LogP contribution in [0.25, 0.3) is 11.1 Å². The number of unbranched alkanes of at least 4 members (excludes halogenated alkanes) is 2. The van der Waals surface area contributed by atoms with Crippen LogP contribution < -0.4 is 10.1 Å². The second-order valence-electron chi connectivity index (χ2n) is 6.77. The van der Waals surface area contributed by atoms with Crippen LogP contribution in [0.3, 0.4) is 0 Å². The number of para-hydroxylation sites is 1. The van der Waals surface area contributed by atoms with Gasteiger partial charge in [0.1, 0.15) is 17.2 Å². The molecule has 0 radical (unpaired) electrons. The Labute approximate surface area is 160 Å². The first-order valence-corrected chi connectivity index (χ1v) is 9.74. The number of amides is 1. The SMILES string of the molecule is CCCCCNC(=O)c1cc2oc(C)cc2n1CCCOc1ccccc1. The van der Waals surface area contributed by atoms with Gasteiger partial charge in [0.15, 0.2) is 5.58 Å². The van der Waals surface area contributed by atoms with Crippen molar-refractivity contribution in [3.8, 4) is 5.75 Å². The molecule has 0 fully saturated rings. The molecule has 1 amide bonds. The summed E-state index contributed by atoms with van der Waals surface area (Å²) in [6.07, 6.45) is 4.07. The largest absolute Gasteiger partial charge is 0.494 e. The Bertz CT molecular complexity index is 864. The third-order valence-corrected chi connectivity index (χ3v) is 4.55. The third-order valence-electron chi connectivity index (χ3n) is 4.55. The number of furan rings is 1. The normalized spacial score (nSPS) is 11.0. The maximum absolute atomic E-state index is 12.6. The molecule has 0 aliphatic carbocycles. The summed E-state index contributed by atoms with van der Waals surface area (Å²) < 4.78 is 13.5. The maximum Gasteiger partial charge on any atom is 0.268 e. The molecule has 0 atom stereocenters. The van der Waals surface area contributed by atoms with E-state index in [1.54, 1.807) is 0 Å². The van der Waals surface area contributed by atoms with Crippen LogP contribution in [-0.2, 0) is 6.54 Å². The fourth-order valence-corrected chi connectivity index (χ4v) is 3.19. The first-order chi connectivity index (χ1) is 13.2. The minimum absolute atomic E-state index is 0.0425. The summed E-state index contributed by atoms with van der Waals surface area (Å²) >= 11 is 0. The Morgan fingerprint density at radius 2 is 1.96 bits per heavy atom. The van der Waals surface area contributed by atoms with Gasteiger partial charge in [-0.1, -0.05) is 38.0 Å². The Hall–Kier alpha value is -2.69. The standard InChI is InChI=1S/C22H28N2O3/c1-3-4-8-12-23-22(25)20-16-21-19(15-17(2)27-21)24(20)13-9-14-26-18-10-6-5-7-11-18/h5-7,10-11,15-16H,3-4,8-9,12-14H2,1-2H3,(H,23,25). The summed E-state index contributed by atoms with van der Waals surface area (Å²) in [6.45, 7) is 6.08. The van der Waals surface area contributed by atoms with Crippen molar-refractivity contribution < 1.29 is 13.9 Å². The van der Waals surface area contributed by atoms with Crippen molar-refractivity contribution >= 4 is 17.0 Å². The summed E-state index contributed by atoms with van der Waals surface area (Å²) in [7, 11) is 0. The van der Waals surface area contributed by atoms with Gasteiger partial charge in [-0.15, -0.1) is 0 Å². The molecule has 0 aliphatic heterocycles. The van der Waals surface area contributed by atoms with E-state index in [2.05, 4.69) is 12.2 Å². The van der Waals surface area contributed by atoms with Crippen molar-refractivity contribution in [1.29, 1.82) is 0 Å². The van der Waals surface area contributed by atoms with Gasteiger partial charge in [-0.2, -0.15) is 0 Å². The molecule has 1 N–H and O–H groups in total. The molecule has 0 unspecified atom stereocenters. The summed E-state index contributed by atoms with van der Waals surface area (Å²) in [5.74, 6) is 1.67. The molecule has 1 aromatic carbocycles. The Kier molecular flexibility index (Phi) is 6.58. The third kappa shape index (κ3) is 4.94. The van der Waals surface area contributed by atoms with E-state index in [9.17, 15) is 4.79 Å². The van der Waals surface area contributed by atoms with Gasteiger partial charge in [-0.25, -0.2) is 0 Å². The van der Waals surface area contributed by atoms with E-state index in [-0.39, 0.29) is 5.91 Å². The molecular weight excluding hydrogens is 340 g/mol. The molecule has 144 valence electrons. The van der Waals surface area contributed by atoms with Crippen LogP contribution in [0.1, 0.15) is 48.9 Å². The molecule has 0 saturated carbocycles. The average Bonchev–Trinajstić information content (AvgIpc) is 3.19. The molecule has 0 spiro atoms. The molecule has 0 bridgehead atoms. The first kappa shape index (κ1) is 19.1. The molecular formula is C22H28N2O3. The lowest BCUT2D eigenvalue weighted by atomic mass is 10.2. The lowest BCUT2D eigenvalue weighted by molar-refractivity contribution is 0.0943. The zero-order valence-corrected chi connectivity index (χ0v) is 16.2. The minimum Gasteiger partial charge on any atom is -0.494 e. The molecule has 2 aromatic heterocycles. The van der Waals surface area contributed by atoms with E-state index in [4.69, 9.17) is 9.15 Å². The Balaban J connectivity index is 1.65. The van der Waals surface area contributed by atoms with Crippen molar-refractivity contribution in [3.05, 3.63) is 53.9 Å². The smallest absolute Gasteiger partial charge is 0.268 e. The minimum atomic E-state index is -0.0425. The van der Waals surface area contributed by atoms with Gasteiger partial charge in [0.05, 0.1) is 12.1 Å². The van der Waals surface area contributed by atoms with Gasteiger partial charge in [0, 0.05) is 25.2 Å². The molecule has 5 nitrogen and oxygen atoms in total. The van der Waals surface area contributed by atoms with Crippen LogP contribution >= 0.6 is 0 Å². The van der Waals surface area contributed by atoms with Crippen molar-refractivity contribution in [2.45, 2.75) is 46.1 Å². The number of hydrogen-bond donors (Lipinski definition) is 1. The van der Waals surface area contributed by atoms with Crippen molar-refractivity contribution in [3.63, 3.8) is 0 Å². The van der Waals surface area contributed by atoms with Gasteiger partial charge in [-0.05, 0) is 31.9 Å². The molecule has 5 heteroatoms. The second-order valence-corrected chi connectivity index (χ2v) is 6.77. The van der Waals surface area contributed by atoms with Crippen molar-refractivity contribution in [2.24, 2.45) is 0 Å². The van der Waals surface area contributed by atoms with Crippen LogP contribution in [0, 0.1) is 6.92 Å². The Morgan fingerprint density at radius 3 is 2.74 bits per heavy atom. The van der Waals surface area contributed by atoms with E-state index < -0.39 is 0 Å². The summed E-state index contributed by atoms with van der Waals surface area (Å²) in [5, 5.41) is 3.02. The van der Waals surface area contributed by atoms with Gasteiger partial charge >= 0.3 is 0 Å². The van der Waals surface area contributed by atoms with Crippen LogP contribution in [0.15, 0.2) is 46.9 Å². The van der Waals surface area contributed by atoms with Crippen LogP contribution in [0.4, 0.5) is 0 Å². The average molecular weight is 368 g/mol. The molecule has 27 heavy (non-hydrogen) atoms. The number of carbonyl (C=O) groups is 1. The fourth-order valence-electron chi connectivity index (χ4n) is 3.19. The van der Waals surface area contributed by atoms with Crippen molar-refractivity contribution in [2.75, 3.05) is 13.2 Å². The summed E-state index contributed by atoms with van der Waals surface area (Å²) in [5.41, 5.74) is 2.38. The first-order valence-electron chi connectivity index (χ1n) is 9.74. The number of carbonyl (C=O) groups excluding carboxylic acids is 1. The highest BCUT2D eigenvalue weighted by molar-refractivity contribution is 5.97. The predicted octanol–water partition coefficient (Wildman–Crippen LogP) is 4.93. The van der Waals surface area contributed by atoms with Crippen LogP contribution in [0.5, 0.6) is 5.75 Å². The van der Waals surface area contributed by atoms with Gasteiger partial charge in [0.2, 0.25) is 0 Å². The summed E-state index contributed by atoms with van der Waals surface area (Å²) in [6, 6.07) is 13.6. The van der Waals surface area contributed by atoms with Gasteiger partial charge in [0.25, 0.3) is 5.91 Å². The lowest BCUT2D eigenvalue weighted by Crippen LogP contribution is -2.27. The van der Waals surface area contributed by atoms with Crippen molar-refractivity contribution in [1.82, 2.24) is 9.88 Å². The van der Waals surface area contributed by atoms with Crippen LogP contribution in [0.2, 0.25) is 0 Å². The number of aromatic nitrogens is 1. The second kappa shape index (κ2) is 9.31. The number of nitrogens with zero attached hydrogens (tertiary/aromatic N) is 1. The predicted molar refractivity (Wildman–Crippen MR) is 107 cm³/mol. The van der Waals surface area contributed by atoms with Crippen LogP contribution in [-0.4, -0.2) is 23.6 Å². The highest BCUT2D eigenvalue weighted by Crippen LogP contribution is 2.24. The number of ether oxygens (including phenoxy) is 1. The zero-order valence-electron chi connectivity index (χ0n) is 16.2. The quantitative estimate of drug-likeness (QED) is 0.516. The van der Waals surface area contributed by atoms with E-state index in [0.717, 1.165) is 48.3 Å². The zero-order chi connectivity index (χ0) is 19.1. The summed E-state index contributed by atoms with van der Waals surface area (Å²) in [4.78, 5) is 12.6. The Morgan fingerprint density at radius 1 is 1.15 bits per heavy atom. The number of benzene rings is 1. The number of aryl methyl sites for hydroxylation is 2. The van der Waals surface area contributed by atoms with E-state index in [0.29, 0.717) is 25.4 Å². The number of nitrogens with one attached hydrogen (secondary N) is 1. The molecule has 3 aromatic rings. The highest BCUT2D eigenvalue weighted by atomic mass is 16.5. The van der Waals surface area contributed by atoms with Gasteiger partial charge in [-0.3, -0.25) is 4.79 Å². The molecule has 3 rings (SSSR count). The number of fused-ring (bicyclic) bond motifs is 1. The van der Waals surface area contributed by atoms with Gasteiger partial charge < -0.3 is 19.0 Å². The maximum atomic E-state index is 12.6. The highest BCUT2D eigenvalue weighted by Gasteiger charge is 2.18. The molecule has 2 heterocycles. The molecule has 0 aliphatic rings. The topological polar surface area (TPSA) is 56.4 Å². The number of rotatable bonds is 10. The molecule has 0 saturated heterocycles. The van der Waals surface area contributed by atoms with E-state index in [1.165, 1.54) is 0 Å².